The number of morpholine rings is 1. The average Bonchev–Trinajstić information content (AvgIpc) is 3.57. The second-order valence-corrected chi connectivity index (χ2v) is 10.1. The van der Waals surface area contributed by atoms with Gasteiger partial charge in [-0.15, -0.1) is 0 Å². The highest BCUT2D eigenvalue weighted by Gasteiger charge is 2.63. The average molecular weight is 471 g/mol. The number of aliphatic carboxylic acids is 1. The van der Waals surface area contributed by atoms with Gasteiger partial charge >= 0.3 is 11.9 Å². The minimum atomic E-state index is -2.22. The van der Waals surface area contributed by atoms with Gasteiger partial charge in [0.15, 0.2) is 6.10 Å². The third kappa shape index (κ3) is 4.09. The normalized spacial score (nSPS) is 20.8. The predicted octanol–water partition coefficient (Wildman–Crippen LogP) is 2.58. The van der Waals surface area contributed by atoms with Crippen molar-refractivity contribution in [2.24, 2.45) is 11.3 Å². The largest absolute Gasteiger partial charge is 0.478 e. The van der Waals surface area contributed by atoms with Crippen LogP contribution < -0.4 is 10.5 Å². The first kappa shape index (κ1) is 23.9. The van der Waals surface area contributed by atoms with Crippen LogP contribution >= 0.6 is 0 Å². The first-order chi connectivity index (χ1) is 16.0. The van der Waals surface area contributed by atoms with Crippen molar-refractivity contribution < 1.29 is 29.0 Å². The molecule has 1 aliphatic carbocycles. The molecule has 0 bridgehead atoms. The number of rotatable bonds is 6. The summed E-state index contributed by atoms with van der Waals surface area (Å²) in [7, 11) is 0. The van der Waals surface area contributed by atoms with Gasteiger partial charge in [-0.25, -0.2) is 4.79 Å². The number of amides is 1. The van der Waals surface area contributed by atoms with Gasteiger partial charge in [0, 0.05) is 37.2 Å². The van der Waals surface area contributed by atoms with Crippen LogP contribution in [0.3, 0.4) is 0 Å². The lowest BCUT2D eigenvalue weighted by Crippen LogP contribution is -2.68. The molecule has 1 saturated carbocycles. The number of benzene rings is 1. The van der Waals surface area contributed by atoms with Crippen molar-refractivity contribution in [3.05, 3.63) is 40.7 Å². The Morgan fingerprint density at radius 1 is 1.15 bits per heavy atom. The molecule has 1 aliphatic heterocycles. The summed E-state index contributed by atoms with van der Waals surface area (Å²) in [5, 5.41) is 11.0. The highest BCUT2D eigenvalue weighted by Crippen LogP contribution is 2.41. The molecular formula is C25H30N2O7. The van der Waals surface area contributed by atoms with Gasteiger partial charge in [0.25, 0.3) is 11.5 Å². The molecule has 0 radical (unpaired) electrons. The van der Waals surface area contributed by atoms with Crippen molar-refractivity contribution in [2.45, 2.75) is 58.8 Å². The summed E-state index contributed by atoms with van der Waals surface area (Å²) in [5.74, 6) is -2.41. The van der Waals surface area contributed by atoms with Crippen molar-refractivity contribution in [3.63, 3.8) is 0 Å². The smallest absolute Gasteiger partial charge is 0.352 e. The van der Waals surface area contributed by atoms with Gasteiger partial charge < -0.3 is 24.0 Å². The zero-order valence-electron chi connectivity index (χ0n) is 19.9. The SMILES string of the molecule is CC(=O)O[C@@](C(=O)O)([C@H]1OCCN(c2ccc3ccc(=O)n(CC4CC4)c3c2)C1=O)C(C)(C)C. The van der Waals surface area contributed by atoms with E-state index in [-0.39, 0.29) is 18.7 Å². The summed E-state index contributed by atoms with van der Waals surface area (Å²) in [4.78, 5) is 52.1. The van der Waals surface area contributed by atoms with Crippen LogP contribution in [0.2, 0.25) is 0 Å². The van der Waals surface area contributed by atoms with E-state index in [1.54, 1.807) is 49.6 Å². The molecule has 1 aromatic heterocycles. The van der Waals surface area contributed by atoms with Crippen LogP contribution in [0, 0.1) is 11.3 Å². The first-order valence-corrected chi connectivity index (χ1v) is 11.5. The number of carbonyl (C=O) groups excluding carboxylic acids is 2. The number of hydrogen-bond donors (Lipinski definition) is 1. The van der Waals surface area contributed by atoms with E-state index in [0.29, 0.717) is 23.7 Å². The summed E-state index contributed by atoms with van der Waals surface area (Å²) in [6, 6.07) is 8.69. The van der Waals surface area contributed by atoms with E-state index in [9.17, 15) is 24.3 Å². The van der Waals surface area contributed by atoms with Gasteiger partial charge in [0.2, 0.25) is 5.60 Å². The van der Waals surface area contributed by atoms with E-state index in [2.05, 4.69) is 0 Å². The number of fused-ring (bicyclic) bond motifs is 1. The van der Waals surface area contributed by atoms with Crippen molar-refractivity contribution in [2.75, 3.05) is 18.1 Å². The van der Waals surface area contributed by atoms with Gasteiger partial charge in [-0.2, -0.15) is 0 Å². The zero-order chi connectivity index (χ0) is 24.8. The summed E-state index contributed by atoms with van der Waals surface area (Å²) in [5.41, 5.74) is -2.23. The highest BCUT2D eigenvalue weighted by atomic mass is 16.6. The fourth-order valence-electron chi connectivity index (χ4n) is 4.63. The Hall–Kier alpha value is -3.20. The molecular weight excluding hydrogens is 440 g/mol. The van der Waals surface area contributed by atoms with Crippen molar-refractivity contribution in [1.29, 1.82) is 0 Å². The van der Waals surface area contributed by atoms with Gasteiger partial charge in [0.05, 0.1) is 12.1 Å². The van der Waals surface area contributed by atoms with Crippen molar-refractivity contribution in [3.8, 4) is 0 Å². The minimum Gasteiger partial charge on any atom is -0.478 e. The van der Waals surface area contributed by atoms with Crippen LogP contribution in [0.25, 0.3) is 10.9 Å². The van der Waals surface area contributed by atoms with Gasteiger partial charge in [-0.05, 0) is 42.3 Å². The Morgan fingerprint density at radius 3 is 2.41 bits per heavy atom. The van der Waals surface area contributed by atoms with E-state index < -0.39 is 35.0 Å². The molecule has 2 heterocycles. The van der Waals surface area contributed by atoms with Crippen molar-refractivity contribution in [1.82, 2.24) is 4.57 Å². The fourth-order valence-corrected chi connectivity index (χ4v) is 4.63. The number of aromatic nitrogens is 1. The lowest BCUT2D eigenvalue weighted by atomic mass is 9.71. The van der Waals surface area contributed by atoms with E-state index in [1.165, 1.54) is 4.90 Å². The molecule has 2 aliphatic rings. The Bertz CT molecular complexity index is 1210. The molecule has 1 N–H and O–H groups in total. The lowest BCUT2D eigenvalue weighted by molar-refractivity contribution is -0.218. The second kappa shape index (κ2) is 8.54. The summed E-state index contributed by atoms with van der Waals surface area (Å²) < 4.78 is 12.8. The molecule has 1 aromatic carbocycles. The molecule has 34 heavy (non-hydrogen) atoms. The molecule has 4 rings (SSSR count). The summed E-state index contributed by atoms with van der Waals surface area (Å²) in [6.07, 6.45) is 0.640. The molecule has 0 spiro atoms. The van der Waals surface area contributed by atoms with Crippen molar-refractivity contribution >= 4 is 34.4 Å². The quantitative estimate of drug-likeness (QED) is 0.645. The molecule has 0 unspecified atom stereocenters. The number of hydrogen-bond acceptors (Lipinski definition) is 6. The zero-order valence-corrected chi connectivity index (χ0v) is 19.9. The van der Waals surface area contributed by atoms with Crippen LogP contribution in [0.5, 0.6) is 0 Å². The molecule has 182 valence electrons. The number of carboxylic acid groups (broad SMARTS) is 1. The number of esters is 1. The van der Waals surface area contributed by atoms with E-state index >= 15 is 0 Å². The third-order valence-electron chi connectivity index (χ3n) is 6.62. The number of pyridine rings is 1. The molecule has 9 heteroatoms. The first-order valence-electron chi connectivity index (χ1n) is 11.5. The minimum absolute atomic E-state index is 0.0600. The lowest BCUT2D eigenvalue weighted by Gasteiger charge is -2.46. The van der Waals surface area contributed by atoms with Crippen LogP contribution in [-0.4, -0.2) is 52.4 Å². The van der Waals surface area contributed by atoms with E-state index in [4.69, 9.17) is 9.47 Å². The standard InChI is InChI=1S/C25H30N2O7/c1-15(28)34-25(23(31)32,24(2,3)4)21-22(30)26(11-12-33-21)18-9-7-17-8-10-20(29)27(19(17)13-18)14-16-5-6-16/h7-10,13,16,21H,5-6,11-12,14H2,1-4H3,(H,31,32)/t21-,25+/m0/s1. The number of ether oxygens (including phenoxy) is 2. The molecule has 2 atom stereocenters. The van der Waals surface area contributed by atoms with Gasteiger partial charge in [0.1, 0.15) is 0 Å². The van der Waals surface area contributed by atoms with Gasteiger partial charge in [-0.1, -0.05) is 26.8 Å². The van der Waals surface area contributed by atoms with Crippen LogP contribution in [-0.2, 0) is 30.4 Å². The Morgan fingerprint density at radius 2 is 1.82 bits per heavy atom. The summed E-state index contributed by atoms with van der Waals surface area (Å²) in [6.45, 7) is 6.75. The Labute approximate surface area is 197 Å². The highest BCUT2D eigenvalue weighted by molar-refractivity contribution is 6.03. The third-order valence-corrected chi connectivity index (χ3v) is 6.62. The predicted molar refractivity (Wildman–Crippen MR) is 125 cm³/mol. The maximum absolute atomic E-state index is 13.7. The maximum Gasteiger partial charge on any atom is 0.352 e. The molecule has 1 saturated heterocycles. The maximum atomic E-state index is 13.7. The summed E-state index contributed by atoms with van der Waals surface area (Å²) >= 11 is 0. The van der Waals surface area contributed by atoms with Crippen LogP contribution in [0.1, 0.15) is 40.5 Å². The Balaban J connectivity index is 1.77. The molecule has 2 aromatic rings. The number of anilines is 1. The topological polar surface area (TPSA) is 115 Å². The number of nitrogens with zero attached hydrogens (tertiary/aromatic N) is 2. The van der Waals surface area contributed by atoms with E-state index in [0.717, 1.165) is 25.2 Å². The number of carbonyl (C=O) groups is 3. The van der Waals surface area contributed by atoms with Crippen LogP contribution in [0.4, 0.5) is 5.69 Å². The fraction of sp³-hybridized carbons (Fsp3) is 0.520. The van der Waals surface area contributed by atoms with Gasteiger partial charge in [-0.3, -0.25) is 14.4 Å². The molecule has 9 nitrogen and oxygen atoms in total. The molecule has 2 fully saturated rings. The van der Waals surface area contributed by atoms with Crippen LogP contribution in [0.15, 0.2) is 35.1 Å². The number of carboxylic acids is 1. The Kier molecular flexibility index (Phi) is 6.01. The monoisotopic (exact) mass is 470 g/mol. The molecule has 1 amide bonds. The van der Waals surface area contributed by atoms with E-state index in [1.807, 2.05) is 6.07 Å². The second-order valence-electron chi connectivity index (χ2n) is 10.1.